The SMILES string of the molecule is Cc1cc(C)c(-c2cn(C)c3nc(N(Cc4ccccc4Cl)Cc4ccccc4Cl)n(C)c(=O)c23)c(C)c1. The van der Waals surface area contributed by atoms with Gasteiger partial charge in [0, 0.05) is 49.0 Å². The van der Waals surface area contributed by atoms with Crippen LogP contribution in [0.4, 0.5) is 5.95 Å². The van der Waals surface area contributed by atoms with E-state index >= 15 is 0 Å². The van der Waals surface area contributed by atoms with Gasteiger partial charge in [-0.25, -0.2) is 0 Å². The van der Waals surface area contributed by atoms with Crippen molar-refractivity contribution in [3.05, 3.63) is 115 Å². The van der Waals surface area contributed by atoms with E-state index in [0.717, 1.165) is 33.4 Å². The third kappa shape index (κ3) is 4.72. The second-order valence-electron chi connectivity index (χ2n) is 9.94. The van der Waals surface area contributed by atoms with Crippen LogP contribution in [0, 0.1) is 20.8 Å². The van der Waals surface area contributed by atoms with E-state index in [2.05, 4.69) is 37.8 Å². The standard InChI is InChI=1S/C31H30Cl2N4O/c1-19-14-20(2)27(21(3)15-19)24-18-35(4)29-28(24)30(38)36(5)31(34-29)37(16-22-10-6-8-12-25(22)32)17-23-11-7-9-13-26(23)33/h6-15,18H,16-17H2,1-5H3. The van der Waals surface area contributed by atoms with Crippen molar-refractivity contribution in [3.63, 3.8) is 0 Å². The van der Waals surface area contributed by atoms with E-state index in [1.807, 2.05) is 66.3 Å². The number of anilines is 1. The van der Waals surface area contributed by atoms with Crippen LogP contribution in [0.2, 0.25) is 10.0 Å². The fourth-order valence-corrected chi connectivity index (χ4v) is 5.72. The van der Waals surface area contributed by atoms with Crippen molar-refractivity contribution >= 4 is 40.2 Å². The molecule has 0 unspecified atom stereocenters. The van der Waals surface area contributed by atoms with Crippen LogP contribution in [-0.4, -0.2) is 14.1 Å². The summed E-state index contributed by atoms with van der Waals surface area (Å²) in [5.74, 6) is 0.549. The minimum atomic E-state index is -0.0942. The molecule has 7 heteroatoms. The van der Waals surface area contributed by atoms with Gasteiger partial charge in [-0.05, 0) is 60.7 Å². The molecule has 0 spiro atoms. The molecule has 0 aliphatic rings. The molecule has 5 rings (SSSR count). The van der Waals surface area contributed by atoms with Crippen molar-refractivity contribution in [1.29, 1.82) is 0 Å². The summed E-state index contributed by atoms with van der Waals surface area (Å²) in [6.07, 6.45) is 2.01. The molecule has 0 radical (unpaired) electrons. The van der Waals surface area contributed by atoms with Gasteiger partial charge in [-0.3, -0.25) is 9.36 Å². The molecule has 0 saturated heterocycles. The molecule has 0 aliphatic carbocycles. The van der Waals surface area contributed by atoms with Gasteiger partial charge < -0.3 is 9.47 Å². The highest BCUT2D eigenvalue weighted by Crippen LogP contribution is 2.34. The Balaban J connectivity index is 1.71. The monoisotopic (exact) mass is 544 g/mol. The number of hydrogen-bond donors (Lipinski definition) is 0. The predicted molar refractivity (Wildman–Crippen MR) is 158 cm³/mol. The molecule has 0 amide bonds. The van der Waals surface area contributed by atoms with E-state index in [0.29, 0.717) is 40.1 Å². The molecule has 5 nitrogen and oxygen atoms in total. The van der Waals surface area contributed by atoms with Gasteiger partial charge in [0.25, 0.3) is 5.56 Å². The van der Waals surface area contributed by atoms with Crippen molar-refractivity contribution in [1.82, 2.24) is 14.1 Å². The summed E-state index contributed by atoms with van der Waals surface area (Å²) in [5.41, 5.74) is 7.89. The molecule has 2 aromatic heterocycles. The van der Waals surface area contributed by atoms with Gasteiger partial charge >= 0.3 is 0 Å². The maximum atomic E-state index is 14.0. The molecule has 0 atom stereocenters. The van der Waals surface area contributed by atoms with E-state index in [1.165, 1.54) is 5.56 Å². The summed E-state index contributed by atoms with van der Waals surface area (Å²) in [5, 5.41) is 1.94. The fraction of sp³-hybridized carbons (Fsp3) is 0.226. The third-order valence-corrected chi connectivity index (χ3v) is 7.78. The number of benzene rings is 3. The first-order chi connectivity index (χ1) is 18.2. The van der Waals surface area contributed by atoms with Gasteiger partial charge in [0.1, 0.15) is 5.65 Å². The topological polar surface area (TPSA) is 43.1 Å². The Morgan fingerprint density at radius 2 is 1.37 bits per heavy atom. The summed E-state index contributed by atoms with van der Waals surface area (Å²) in [7, 11) is 3.72. The van der Waals surface area contributed by atoms with E-state index in [1.54, 1.807) is 11.6 Å². The zero-order chi connectivity index (χ0) is 27.1. The van der Waals surface area contributed by atoms with Gasteiger partial charge in [0.15, 0.2) is 0 Å². The lowest BCUT2D eigenvalue weighted by Gasteiger charge is -2.26. The van der Waals surface area contributed by atoms with Gasteiger partial charge in [-0.1, -0.05) is 77.3 Å². The number of nitrogens with zero attached hydrogens (tertiary/aromatic N) is 4. The van der Waals surface area contributed by atoms with Crippen LogP contribution in [0.25, 0.3) is 22.2 Å². The maximum absolute atomic E-state index is 14.0. The average molecular weight is 546 g/mol. The molecular weight excluding hydrogens is 515 g/mol. The molecule has 3 aromatic carbocycles. The minimum Gasteiger partial charge on any atom is -0.335 e. The molecule has 0 N–H and O–H groups in total. The van der Waals surface area contributed by atoms with Gasteiger partial charge in [-0.15, -0.1) is 0 Å². The fourth-order valence-electron chi connectivity index (χ4n) is 5.33. The molecule has 0 saturated carbocycles. The van der Waals surface area contributed by atoms with E-state index in [4.69, 9.17) is 28.2 Å². The lowest BCUT2D eigenvalue weighted by atomic mass is 9.94. The number of hydrogen-bond acceptors (Lipinski definition) is 3. The Kier molecular flexibility index (Phi) is 7.08. The predicted octanol–water partition coefficient (Wildman–Crippen LogP) is 7.38. The summed E-state index contributed by atoms with van der Waals surface area (Å²) >= 11 is 13.1. The number of fused-ring (bicyclic) bond motifs is 1. The Bertz CT molecular complexity index is 1660. The highest BCUT2D eigenvalue weighted by Gasteiger charge is 2.23. The average Bonchev–Trinajstić information content (AvgIpc) is 3.18. The van der Waals surface area contributed by atoms with E-state index in [-0.39, 0.29) is 5.56 Å². The Morgan fingerprint density at radius 3 is 1.89 bits per heavy atom. The third-order valence-electron chi connectivity index (χ3n) is 7.04. The number of rotatable bonds is 6. The van der Waals surface area contributed by atoms with Crippen molar-refractivity contribution < 1.29 is 0 Å². The van der Waals surface area contributed by atoms with Crippen LogP contribution in [0.3, 0.4) is 0 Å². The van der Waals surface area contributed by atoms with Gasteiger partial charge in [0.05, 0.1) is 5.39 Å². The Labute approximate surface area is 232 Å². The second kappa shape index (κ2) is 10.3. The molecule has 0 bridgehead atoms. The Morgan fingerprint density at radius 1 is 0.842 bits per heavy atom. The molecular formula is C31H30Cl2N4O. The van der Waals surface area contributed by atoms with Crippen LogP contribution in [-0.2, 0) is 27.2 Å². The zero-order valence-corrected chi connectivity index (χ0v) is 23.7. The smallest absolute Gasteiger partial charge is 0.264 e. The Hall–Kier alpha value is -3.54. The zero-order valence-electron chi connectivity index (χ0n) is 22.2. The molecule has 0 fully saturated rings. The number of aromatic nitrogens is 3. The van der Waals surface area contributed by atoms with Gasteiger partial charge in [0.2, 0.25) is 5.95 Å². The summed E-state index contributed by atoms with van der Waals surface area (Å²) in [4.78, 5) is 21.1. The van der Waals surface area contributed by atoms with Crippen LogP contribution in [0.5, 0.6) is 0 Å². The highest BCUT2D eigenvalue weighted by atomic mass is 35.5. The first-order valence-corrected chi connectivity index (χ1v) is 13.3. The highest BCUT2D eigenvalue weighted by molar-refractivity contribution is 6.31. The van der Waals surface area contributed by atoms with E-state index in [9.17, 15) is 4.79 Å². The van der Waals surface area contributed by atoms with Crippen molar-refractivity contribution in [3.8, 4) is 11.1 Å². The van der Waals surface area contributed by atoms with Crippen LogP contribution in [0.1, 0.15) is 27.8 Å². The summed E-state index contributed by atoms with van der Waals surface area (Å²) < 4.78 is 3.58. The number of halogens is 2. The van der Waals surface area contributed by atoms with Crippen molar-refractivity contribution in [2.75, 3.05) is 4.90 Å². The molecule has 5 aromatic rings. The van der Waals surface area contributed by atoms with Crippen LogP contribution < -0.4 is 10.5 Å². The second-order valence-corrected chi connectivity index (χ2v) is 10.8. The normalized spacial score (nSPS) is 11.3. The van der Waals surface area contributed by atoms with Crippen LogP contribution >= 0.6 is 23.2 Å². The summed E-state index contributed by atoms with van der Waals surface area (Å²) in [6, 6.07) is 19.8. The van der Waals surface area contributed by atoms with Crippen LogP contribution in [0.15, 0.2) is 71.7 Å². The molecule has 2 heterocycles. The quantitative estimate of drug-likeness (QED) is 0.224. The van der Waals surface area contributed by atoms with Crippen molar-refractivity contribution in [2.45, 2.75) is 33.9 Å². The van der Waals surface area contributed by atoms with Crippen molar-refractivity contribution in [2.24, 2.45) is 14.1 Å². The molecule has 0 aliphatic heterocycles. The lowest BCUT2D eigenvalue weighted by molar-refractivity contribution is 0.706. The maximum Gasteiger partial charge on any atom is 0.264 e. The lowest BCUT2D eigenvalue weighted by Crippen LogP contribution is -2.31. The summed E-state index contributed by atoms with van der Waals surface area (Å²) in [6.45, 7) is 7.20. The van der Waals surface area contributed by atoms with E-state index < -0.39 is 0 Å². The largest absolute Gasteiger partial charge is 0.335 e. The van der Waals surface area contributed by atoms with Gasteiger partial charge in [-0.2, -0.15) is 4.98 Å². The molecule has 194 valence electrons. The first-order valence-electron chi connectivity index (χ1n) is 12.5. The number of aryl methyl sites for hydroxylation is 4. The minimum absolute atomic E-state index is 0.0942. The first kappa shape index (κ1) is 26.1. The molecule has 38 heavy (non-hydrogen) atoms.